The predicted octanol–water partition coefficient (Wildman–Crippen LogP) is -1.06. The molecule has 0 radical (unpaired) electrons. The van der Waals surface area contributed by atoms with E-state index in [9.17, 15) is 4.79 Å². The fourth-order valence-electron chi connectivity index (χ4n) is 1.69. The summed E-state index contributed by atoms with van der Waals surface area (Å²) in [7, 11) is 4.20. The highest BCUT2D eigenvalue weighted by molar-refractivity contribution is 9.10. The number of nitrogens with one attached hydrogen (secondary N) is 4. The van der Waals surface area contributed by atoms with E-state index in [1.807, 2.05) is 24.3 Å². The molecule has 4 N–H and O–H groups in total. The second kappa shape index (κ2) is 10.2. The fourth-order valence-corrected chi connectivity index (χ4v) is 1.96. The van der Waals surface area contributed by atoms with E-state index in [2.05, 4.69) is 45.9 Å². The number of anilines is 1. The minimum absolute atomic E-state index is 0.318. The summed E-state index contributed by atoms with van der Waals surface area (Å²) in [5.74, 6) is -0.0807. The lowest BCUT2D eigenvalue weighted by atomic mass is 10.3. The zero-order valence-corrected chi connectivity index (χ0v) is 14.9. The molecule has 0 aromatic heterocycles. The first-order valence-electron chi connectivity index (χ1n) is 7.37. The van der Waals surface area contributed by atoms with Gasteiger partial charge in [0.1, 0.15) is 0 Å². The number of amidine groups is 1. The van der Waals surface area contributed by atoms with Crippen LogP contribution in [0.2, 0.25) is 0 Å². The average molecular weight is 373 g/mol. The van der Waals surface area contributed by atoms with Gasteiger partial charge in [0.15, 0.2) is 0 Å². The monoisotopic (exact) mass is 372 g/mol. The van der Waals surface area contributed by atoms with Crippen molar-refractivity contribution in [2.45, 2.75) is 13.3 Å². The first-order chi connectivity index (χ1) is 10.5. The zero-order chi connectivity index (χ0) is 16.4. The summed E-state index contributed by atoms with van der Waals surface area (Å²) in [6, 6.07) is 7.63. The van der Waals surface area contributed by atoms with Crippen LogP contribution in [0.25, 0.3) is 0 Å². The van der Waals surface area contributed by atoms with Crippen LogP contribution in [-0.4, -0.2) is 45.6 Å². The number of quaternary nitrogens is 1. The smallest absolute Gasteiger partial charge is 0.423 e. The Kier molecular flexibility index (Phi) is 8.54. The van der Waals surface area contributed by atoms with Gasteiger partial charge in [-0.15, -0.1) is 0 Å². The van der Waals surface area contributed by atoms with Crippen molar-refractivity contribution >= 4 is 33.4 Å². The van der Waals surface area contributed by atoms with Crippen molar-refractivity contribution < 1.29 is 19.4 Å². The number of halogens is 1. The average Bonchev–Trinajstić information content (AvgIpc) is 2.48. The van der Waals surface area contributed by atoms with Crippen molar-refractivity contribution in [3.63, 3.8) is 0 Å². The van der Waals surface area contributed by atoms with Gasteiger partial charge in [0.2, 0.25) is 0 Å². The third kappa shape index (κ3) is 7.42. The van der Waals surface area contributed by atoms with Gasteiger partial charge in [0.25, 0.3) is 0 Å². The predicted molar refractivity (Wildman–Crippen MR) is 90.7 cm³/mol. The van der Waals surface area contributed by atoms with E-state index in [-0.39, 0.29) is 0 Å². The number of carbonyl (C=O) groups excluding carboxylic acids is 1. The Labute approximate surface area is 140 Å². The Morgan fingerprint density at radius 1 is 1.32 bits per heavy atom. The molecule has 0 spiro atoms. The summed E-state index contributed by atoms with van der Waals surface area (Å²) in [4.78, 5) is 16.4. The Balaban J connectivity index is 2.58. The van der Waals surface area contributed by atoms with Crippen LogP contribution in [0.1, 0.15) is 13.3 Å². The molecule has 0 amide bonds. The number of rotatable bonds is 7. The van der Waals surface area contributed by atoms with Crippen LogP contribution in [0.3, 0.4) is 0 Å². The summed E-state index contributed by atoms with van der Waals surface area (Å²) in [5, 5.41) is 0. The van der Waals surface area contributed by atoms with Gasteiger partial charge in [-0.3, -0.25) is 4.99 Å². The normalized spacial score (nSPS) is 11.4. The van der Waals surface area contributed by atoms with Gasteiger partial charge in [-0.05, 0) is 31.2 Å². The molecule has 0 fully saturated rings. The number of carbonyl (C=O) groups is 1. The lowest BCUT2D eigenvalue weighted by molar-refractivity contribution is -0.859. The molecule has 0 bridgehead atoms. The van der Waals surface area contributed by atoms with E-state index in [4.69, 9.17) is 4.74 Å². The van der Waals surface area contributed by atoms with Gasteiger partial charge in [0, 0.05) is 10.9 Å². The van der Waals surface area contributed by atoms with E-state index in [0.29, 0.717) is 19.0 Å². The molecular weight excluding hydrogens is 348 g/mol. The molecule has 1 aromatic rings. The van der Waals surface area contributed by atoms with Crippen molar-refractivity contribution in [2.75, 3.05) is 39.2 Å². The fraction of sp³-hybridized carbons (Fsp3) is 0.467. The van der Waals surface area contributed by atoms with Crippen molar-refractivity contribution in [1.29, 1.82) is 0 Å². The van der Waals surface area contributed by atoms with Gasteiger partial charge < -0.3 is 9.64 Å². The number of ether oxygens (including phenoxy) is 1. The standard InChI is InChI=1S/C15H23BrN4O2/c1-4-22-15(21)14(17-10-5-11-20(2)3)19-18-13-8-6-12(16)7-9-13/h6-9,18H,4-5,10-11H2,1-3H3,(H,17,19)/p+2. The van der Waals surface area contributed by atoms with Crippen LogP contribution in [0.15, 0.2) is 28.7 Å². The molecule has 0 aliphatic heterocycles. The summed E-state index contributed by atoms with van der Waals surface area (Å²) in [5.41, 5.74) is 6.72. The van der Waals surface area contributed by atoms with E-state index in [1.165, 1.54) is 4.90 Å². The summed E-state index contributed by atoms with van der Waals surface area (Å²) < 4.78 is 6.03. The molecule has 1 rings (SSSR count). The van der Waals surface area contributed by atoms with Crippen LogP contribution in [0, 0.1) is 0 Å². The number of hydrazine groups is 1. The SMILES string of the molecule is CCOC(=O)C(NNc1ccc(Br)cc1)=[NH+]CCC[NH+](C)C. The quantitative estimate of drug-likeness (QED) is 0.162. The van der Waals surface area contributed by atoms with Crippen molar-refractivity contribution in [3.05, 3.63) is 28.7 Å². The maximum absolute atomic E-state index is 11.9. The Bertz CT molecular complexity index is 489. The first kappa shape index (κ1) is 18.4. The first-order valence-corrected chi connectivity index (χ1v) is 8.16. The minimum Gasteiger partial charge on any atom is -0.457 e. The molecular formula is C15H25BrN4O2+2. The van der Waals surface area contributed by atoms with Gasteiger partial charge in [-0.1, -0.05) is 15.9 Å². The van der Waals surface area contributed by atoms with E-state index in [0.717, 1.165) is 23.1 Å². The molecule has 122 valence electrons. The largest absolute Gasteiger partial charge is 0.457 e. The maximum Gasteiger partial charge on any atom is 0.423 e. The minimum atomic E-state index is -0.399. The molecule has 0 aliphatic carbocycles. The van der Waals surface area contributed by atoms with E-state index < -0.39 is 5.97 Å². The van der Waals surface area contributed by atoms with Gasteiger partial charge in [0.05, 0.1) is 39.5 Å². The molecule has 0 heterocycles. The second-order valence-electron chi connectivity index (χ2n) is 5.09. The lowest BCUT2D eigenvalue weighted by Crippen LogP contribution is -3.06. The van der Waals surface area contributed by atoms with Crippen molar-refractivity contribution in [2.24, 2.45) is 0 Å². The number of hydrogen-bond acceptors (Lipinski definition) is 3. The molecule has 0 atom stereocenters. The van der Waals surface area contributed by atoms with Crippen LogP contribution < -0.4 is 20.7 Å². The molecule has 6 nitrogen and oxygen atoms in total. The summed E-state index contributed by atoms with van der Waals surface area (Å²) in [6.07, 6.45) is 0.963. The third-order valence-corrected chi connectivity index (χ3v) is 3.34. The second-order valence-corrected chi connectivity index (χ2v) is 6.01. The van der Waals surface area contributed by atoms with Crippen LogP contribution in [-0.2, 0) is 9.53 Å². The highest BCUT2D eigenvalue weighted by atomic mass is 79.9. The molecule has 0 saturated heterocycles. The number of hydrogen-bond donors (Lipinski definition) is 4. The molecule has 0 saturated carbocycles. The molecule has 0 aliphatic rings. The van der Waals surface area contributed by atoms with E-state index >= 15 is 0 Å². The topological polar surface area (TPSA) is 68.8 Å². The van der Waals surface area contributed by atoms with E-state index in [1.54, 1.807) is 6.92 Å². The van der Waals surface area contributed by atoms with Crippen molar-refractivity contribution in [3.8, 4) is 0 Å². The number of benzene rings is 1. The zero-order valence-electron chi connectivity index (χ0n) is 13.3. The highest BCUT2D eigenvalue weighted by Crippen LogP contribution is 2.12. The number of esters is 1. The lowest BCUT2D eigenvalue weighted by Gasteiger charge is -2.07. The van der Waals surface area contributed by atoms with Crippen LogP contribution in [0.4, 0.5) is 5.69 Å². The van der Waals surface area contributed by atoms with Crippen molar-refractivity contribution in [1.82, 2.24) is 5.43 Å². The third-order valence-electron chi connectivity index (χ3n) is 2.81. The van der Waals surface area contributed by atoms with Crippen LogP contribution in [0.5, 0.6) is 0 Å². The molecule has 0 unspecified atom stereocenters. The Morgan fingerprint density at radius 2 is 2.00 bits per heavy atom. The maximum atomic E-state index is 11.9. The molecule has 7 heteroatoms. The molecule has 22 heavy (non-hydrogen) atoms. The summed E-state index contributed by atoms with van der Waals surface area (Å²) in [6.45, 7) is 3.86. The van der Waals surface area contributed by atoms with Gasteiger partial charge >= 0.3 is 11.8 Å². The highest BCUT2D eigenvalue weighted by Gasteiger charge is 2.19. The Hall–Kier alpha value is -1.60. The summed E-state index contributed by atoms with van der Waals surface area (Å²) >= 11 is 3.38. The Morgan fingerprint density at radius 3 is 2.59 bits per heavy atom. The van der Waals surface area contributed by atoms with Gasteiger partial charge in [-0.2, -0.15) is 5.43 Å². The molecule has 1 aromatic carbocycles. The van der Waals surface area contributed by atoms with Crippen LogP contribution >= 0.6 is 15.9 Å². The van der Waals surface area contributed by atoms with Gasteiger partial charge in [-0.25, -0.2) is 10.2 Å².